The number of anilines is 1. The summed E-state index contributed by atoms with van der Waals surface area (Å²) in [7, 11) is 1.99. The van der Waals surface area contributed by atoms with E-state index in [0.717, 1.165) is 44.7 Å². The standard InChI is InChI=1S/C22H26ClN3O2.C4H4O4/c1-25-11-12-28-21-19(13-17(23)14-20(21)25)22(27)24-18-7-9-26(10-8-18)15-16-5-3-2-4-6-16;5-3(6)1-2-4(7)8/h2-6,13-14,18H,7-12,15H2,1H3,(H,24,27);1-2H,(H,5,6)(H,7,8)/b;2-1+. The Morgan fingerprint density at radius 1 is 1.06 bits per heavy atom. The van der Waals surface area contributed by atoms with Crippen molar-refractivity contribution >= 4 is 35.1 Å². The van der Waals surface area contributed by atoms with Crippen molar-refractivity contribution in [2.24, 2.45) is 0 Å². The molecule has 0 aliphatic carbocycles. The molecule has 10 heteroatoms. The van der Waals surface area contributed by atoms with E-state index >= 15 is 0 Å². The van der Waals surface area contributed by atoms with Crippen molar-refractivity contribution in [1.29, 1.82) is 0 Å². The predicted octanol–water partition coefficient (Wildman–Crippen LogP) is 3.27. The van der Waals surface area contributed by atoms with Gasteiger partial charge in [0.1, 0.15) is 6.61 Å². The van der Waals surface area contributed by atoms with Gasteiger partial charge in [-0.05, 0) is 30.5 Å². The molecule has 0 radical (unpaired) electrons. The number of likely N-dealkylation sites (tertiary alicyclic amines) is 1. The number of nitrogens with zero attached hydrogens (tertiary/aromatic N) is 2. The van der Waals surface area contributed by atoms with Crippen molar-refractivity contribution in [1.82, 2.24) is 10.2 Å². The number of nitrogens with one attached hydrogen (secondary N) is 1. The van der Waals surface area contributed by atoms with E-state index in [2.05, 4.69) is 39.4 Å². The van der Waals surface area contributed by atoms with Crippen LogP contribution in [0.3, 0.4) is 0 Å². The summed E-state index contributed by atoms with van der Waals surface area (Å²) in [4.78, 5) is 36.6. The number of ether oxygens (including phenoxy) is 1. The predicted molar refractivity (Wildman–Crippen MR) is 137 cm³/mol. The van der Waals surface area contributed by atoms with Gasteiger partial charge >= 0.3 is 11.9 Å². The fraction of sp³-hybridized carbons (Fsp3) is 0.346. The number of carbonyl (C=O) groups excluding carboxylic acids is 1. The summed E-state index contributed by atoms with van der Waals surface area (Å²) in [6, 6.07) is 14.3. The molecule has 0 atom stereocenters. The number of hydrogen-bond acceptors (Lipinski definition) is 6. The van der Waals surface area contributed by atoms with Crippen LogP contribution in [-0.2, 0) is 16.1 Å². The molecule has 0 unspecified atom stereocenters. The van der Waals surface area contributed by atoms with Gasteiger partial charge in [-0.15, -0.1) is 0 Å². The molecule has 2 aliphatic rings. The Morgan fingerprint density at radius 3 is 2.31 bits per heavy atom. The van der Waals surface area contributed by atoms with Gasteiger partial charge in [0, 0.05) is 49.9 Å². The zero-order valence-electron chi connectivity index (χ0n) is 20.0. The molecule has 9 nitrogen and oxygen atoms in total. The Hall–Kier alpha value is -3.56. The van der Waals surface area contributed by atoms with Gasteiger partial charge in [-0.2, -0.15) is 0 Å². The zero-order valence-corrected chi connectivity index (χ0v) is 20.8. The van der Waals surface area contributed by atoms with Crippen molar-refractivity contribution in [3.8, 4) is 5.75 Å². The van der Waals surface area contributed by atoms with E-state index in [1.54, 1.807) is 6.07 Å². The Morgan fingerprint density at radius 2 is 1.69 bits per heavy atom. The number of likely N-dealkylation sites (N-methyl/N-ethyl adjacent to an activating group) is 1. The highest BCUT2D eigenvalue weighted by atomic mass is 35.5. The topological polar surface area (TPSA) is 119 Å². The number of halogens is 1. The molecule has 192 valence electrons. The SMILES string of the molecule is CN1CCOc2c(C(=O)NC3CCN(Cc4ccccc4)CC3)cc(Cl)cc21.O=C(O)/C=C/C(=O)O. The summed E-state index contributed by atoms with van der Waals surface area (Å²) in [6.45, 7) is 4.28. The fourth-order valence-corrected chi connectivity index (χ4v) is 4.28. The van der Waals surface area contributed by atoms with Crippen LogP contribution in [0.5, 0.6) is 5.75 Å². The van der Waals surface area contributed by atoms with Gasteiger partial charge in [0.05, 0.1) is 17.8 Å². The summed E-state index contributed by atoms with van der Waals surface area (Å²) in [5, 5.41) is 19.4. The van der Waals surface area contributed by atoms with E-state index in [1.165, 1.54) is 5.56 Å². The lowest BCUT2D eigenvalue weighted by Crippen LogP contribution is -2.44. The second kappa shape index (κ2) is 12.9. The van der Waals surface area contributed by atoms with Gasteiger partial charge in [-0.3, -0.25) is 9.69 Å². The first kappa shape index (κ1) is 27.0. The molecular weight excluding hydrogens is 486 g/mol. The number of rotatable bonds is 6. The fourth-order valence-electron chi connectivity index (χ4n) is 4.07. The van der Waals surface area contributed by atoms with Gasteiger partial charge < -0.3 is 25.2 Å². The zero-order chi connectivity index (χ0) is 26.1. The third kappa shape index (κ3) is 8.00. The molecule has 0 saturated carbocycles. The van der Waals surface area contributed by atoms with E-state index in [1.807, 2.05) is 19.2 Å². The largest absolute Gasteiger partial charge is 0.489 e. The van der Waals surface area contributed by atoms with Crippen LogP contribution in [0, 0.1) is 0 Å². The number of aliphatic carboxylic acids is 2. The summed E-state index contributed by atoms with van der Waals surface area (Å²) >= 11 is 6.26. The normalized spacial score (nSPS) is 15.9. The monoisotopic (exact) mass is 515 g/mol. The minimum Gasteiger partial charge on any atom is -0.489 e. The highest BCUT2D eigenvalue weighted by Crippen LogP contribution is 2.37. The number of fused-ring (bicyclic) bond motifs is 1. The molecule has 1 fully saturated rings. The first-order valence-corrected chi connectivity index (χ1v) is 12.0. The average molecular weight is 516 g/mol. The van der Waals surface area contributed by atoms with Crippen LogP contribution in [0.2, 0.25) is 5.02 Å². The van der Waals surface area contributed by atoms with Crippen molar-refractivity contribution in [3.05, 3.63) is 70.8 Å². The molecule has 36 heavy (non-hydrogen) atoms. The van der Waals surface area contributed by atoms with Crippen molar-refractivity contribution in [2.45, 2.75) is 25.4 Å². The number of benzene rings is 2. The second-order valence-electron chi connectivity index (χ2n) is 8.59. The minimum atomic E-state index is -1.26. The highest BCUT2D eigenvalue weighted by Gasteiger charge is 2.26. The lowest BCUT2D eigenvalue weighted by Gasteiger charge is -2.33. The Kier molecular flexibility index (Phi) is 9.72. The number of carbonyl (C=O) groups is 3. The van der Waals surface area contributed by atoms with Crippen molar-refractivity contribution in [2.75, 3.05) is 38.2 Å². The maximum atomic E-state index is 12.9. The number of carboxylic acid groups (broad SMARTS) is 2. The molecule has 1 saturated heterocycles. The molecule has 0 spiro atoms. The molecule has 1 amide bonds. The first-order chi connectivity index (χ1) is 17.2. The van der Waals surface area contributed by atoms with Crippen LogP contribution >= 0.6 is 11.6 Å². The Labute approximate surface area is 214 Å². The smallest absolute Gasteiger partial charge is 0.328 e. The maximum absolute atomic E-state index is 12.9. The number of amides is 1. The van der Waals surface area contributed by atoms with Gasteiger partial charge in [-0.25, -0.2) is 9.59 Å². The van der Waals surface area contributed by atoms with E-state index in [9.17, 15) is 14.4 Å². The summed E-state index contributed by atoms with van der Waals surface area (Å²) in [5.41, 5.74) is 2.74. The van der Waals surface area contributed by atoms with Crippen LogP contribution in [0.4, 0.5) is 5.69 Å². The third-order valence-electron chi connectivity index (χ3n) is 5.90. The third-order valence-corrected chi connectivity index (χ3v) is 6.12. The molecule has 2 aromatic rings. The van der Waals surface area contributed by atoms with Crippen molar-refractivity contribution in [3.63, 3.8) is 0 Å². The van der Waals surface area contributed by atoms with Crippen LogP contribution in [0.25, 0.3) is 0 Å². The minimum absolute atomic E-state index is 0.101. The van der Waals surface area contributed by atoms with E-state index in [4.69, 9.17) is 26.6 Å². The van der Waals surface area contributed by atoms with Gasteiger partial charge in [0.25, 0.3) is 5.91 Å². The molecule has 2 heterocycles. The summed E-state index contributed by atoms with van der Waals surface area (Å²) in [6.07, 6.45) is 3.01. The van der Waals surface area contributed by atoms with E-state index in [0.29, 0.717) is 35.1 Å². The quantitative estimate of drug-likeness (QED) is 0.501. The average Bonchev–Trinajstić information content (AvgIpc) is 2.85. The van der Waals surface area contributed by atoms with Gasteiger partial charge in [-0.1, -0.05) is 41.9 Å². The Balaban J connectivity index is 0.000000392. The number of hydrogen-bond donors (Lipinski definition) is 3. The summed E-state index contributed by atoms with van der Waals surface area (Å²) < 4.78 is 5.80. The molecule has 0 aromatic heterocycles. The molecule has 3 N–H and O–H groups in total. The van der Waals surface area contributed by atoms with Crippen LogP contribution < -0.4 is 15.0 Å². The lowest BCUT2D eigenvalue weighted by molar-refractivity contribution is -0.134. The molecule has 0 bridgehead atoms. The van der Waals surface area contributed by atoms with Crippen molar-refractivity contribution < 1.29 is 29.3 Å². The van der Waals surface area contributed by atoms with Crippen LogP contribution in [0.15, 0.2) is 54.6 Å². The second-order valence-corrected chi connectivity index (χ2v) is 9.03. The van der Waals surface area contributed by atoms with Crippen LogP contribution in [0.1, 0.15) is 28.8 Å². The van der Waals surface area contributed by atoms with Gasteiger partial charge in [0.15, 0.2) is 5.75 Å². The number of piperidine rings is 1. The lowest BCUT2D eigenvalue weighted by atomic mass is 10.0. The number of carboxylic acids is 2. The molecule has 2 aromatic carbocycles. The molecule has 4 rings (SSSR count). The van der Waals surface area contributed by atoms with E-state index < -0.39 is 11.9 Å². The first-order valence-electron chi connectivity index (χ1n) is 11.6. The molecule has 2 aliphatic heterocycles. The molecular formula is C26H30ClN3O6. The van der Waals surface area contributed by atoms with Gasteiger partial charge in [0.2, 0.25) is 0 Å². The Bertz CT molecular complexity index is 1080. The summed E-state index contributed by atoms with van der Waals surface area (Å²) in [5.74, 6) is -1.98. The maximum Gasteiger partial charge on any atom is 0.328 e. The van der Waals surface area contributed by atoms with Crippen LogP contribution in [-0.4, -0.2) is 72.3 Å². The van der Waals surface area contributed by atoms with E-state index in [-0.39, 0.29) is 11.9 Å². The highest BCUT2D eigenvalue weighted by molar-refractivity contribution is 6.31.